The minimum absolute atomic E-state index is 0.112. The van der Waals surface area contributed by atoms with Crippen molar-refractivity contribution in [2.45, 2.75) is 25.4 Å². The minimum Gasteiger partial charge on any atom is -0.491 e. The monoisotopic (exact) mass is 354 g/mol. The fraction of sp³-hybridized carbons (Fsp3) is 0.250. The van der Waals surface area contributed by atoms with E-state index < -0.39 is 11.2 Å². The molecule has 25 heavy (non-hydrogen) atoms. The number of fused-ring (bicyclic) bond motifs is 7. The highest BCUT2D eigenvalue weighted by atomic mass is 35.5. The largest absolute Gasteiger partial charge is 0.491 e. The molecule has 4 nitrogen and oxygen atoms in total. The fourth-order valence-corrected chi connectivity index (χ4v) is 4.17. The first-order chi connectivity index (χ1) is 12.0. The van der Waals surface area contributed by atoms with Crippen molar-refractivity contribution in [1.29, 1.82) is 0 Å². The van der Waals surface area contributed by atoms with Crippen LogP contribution in [0, 0.1) is 6.92 Å². The van der Waals surface area contributed by atoms with Crippen molar-refractivity contribution in [3.63, 3.8) is 0 Å². The Balaban J connectivity index is 1.80. The molecule has 3 aromatic rings. The Kier molecular flexibility index (Phi) is 2.85. The highest BCUT2D eigenvalue weighted by Crippen LogP contribution is 2.55. The van der Waals surface area contributed by atoms with E-state index in [1.807, 2.05) is 38.1 Å². The molecule has 5 rings (SSSR count). The summed E-state index contributed by atoms with van der Waals surface area (Å²) in [6.45, 7) is 4.34. The summed E-state index contributed by atoms with van der Waals surface area (Å²) in [6, 6.07) is 11.2. The van der Waals surface area contributed by atoms with Gasteiger partial charge in [-0.15, -0.1) is 0 Å². The first-order valence-corrected chi connectivity index (χ1v) is 8.54. The van der Waals surface area contributed by atoms with Crippen LogP contribution in [0.15, 0.2) is 45.6 Å². The Morgan fingerprint density at radius 3 is 2.88 bits per heavy atom. The van der Waals surface area contributed by atoms with Crippen molar-refractivity contribution in [1.82, 2.24) is 0 Å². The van der Waals surface area contributed by atoms with E-state index in [1.165, 1.54) is 0 Å². The summed E-state index contributed by atoms with van der Waals surface area (Å²) in [5, 5.41) is 1.44. The third-order valence-corrected chi connectivity index (χ3v) is 5.47. The molecular formula is C20H15ClO4. The molecule has 0 amide bonds. The summed E-state index contributed by atoms with van der Waals surface area (Å²) in [5.41, 5.74) is 1.74. The molecule has 3 heterocycles. The zero-order valence-corrected chi connectivity index (χ0v) is 14.5. The lowest BCUT2D eigenvalue weighted by Gasteiger charge is -2.36. The predicted octanol–water partition coefficient (Wildman–Crippen LogP) is 4.54. The van der Waals surface area contributed by atoms with E-state index in [0.717, 1.165) is 22.3 Å². The molecule has 2 atom stereocenters. The molecule has 0 spiro atoms. The molecule has 1 aromatic heterocycles. The van der Waals surface area contributed by atoms with Gasteiger partial charge in [-0.3, -0.25) is 0 Å². The highest BCUT2D eigenvalue weighted by molar-refractivity contribution is 6.30. The van der Waals surface area contributed by atoms with Gasteiger partial charge in [0.2, 0.25) is 0 Å². The Morgan fingerprint density at radius 1 is 1.20 bits per heavy atom. The maximum Gasteiger partial charge on any atom is 0.347 e. The van der Waals surface area contributed by atoms with Crippen LogP contribution in [0.1, 0.15) is 29.5 Å². The van der Waals surface area contributed by atoms with Gasteiger partial charge in [-0.05, 0) is 44.2 Å². The molecule has 0 saturated heterocycles. The van der Waals surface area contributed by atoms with Gasteiger partial charge in [0.25, 0.3) is 0 Å². The highest BCUT2D eigenvalue weighted by Gasteiger charge is 2.53. The standard InChI is InChI=1S/C20H15ClO4/c1-10-3-5-15-13(7-10)18-17(19(22)24-15)20(2)14(9-23-18)12-8-11(21)4-6-16(12)25-20/h3-8,14H,9H2,1-2H3/t14-,20+/m1/s1. The Morgan fingerprint density at radius 2 is 2.04 bits per heavy atom. The molecule has 126 valence electrons. The van der Waals surface area contributed by atoms with Gasteiger partial charge in [0.05, 0.1) is 17.9 Å². The zero-order chi connectivity index (χ0) is 17.3. The van der Waals surface area contributed by atoms with Gasteiger partial charge >= 0.3 is 5.63 Å². The Hall–Kier alpha value is -2.46. The van der Waals surface area contributed by atoms with Gasteiger partial charge in [-0.25, -0.2) is 4.79 Å². The molecule has 2 aliphatic heterocycles. The summed E-state index contributed by atoms with van der Waals surface area (Å²) in [6.07, 6.45) is 0. The third kappa shape index (κ3) is 1.91. The van der Waals surface area contributed by atoms with Crippen LogP contribution in [0.25, 0.3) is 11.0 Å². The van der Waals surface area contributed by atoms with E-state index in [2.05, 4.69) is 0 Å². The van der Waals surface area contributed by atoms with Crippen molar-refractivity contribution in [3.8, 4) is 11.5 Å². The number of benzene rings is 2. The predicted molar refractivity (Wildman–Crippen MR) is 94.9 cm³/mol. The maximum absolute atomic E-state index is 12.8. The molecule has 0 aliphatic carbocycles. The number of ether oxygens (including phenoxy) is 2. The van der Waals surface area contributed by atoms with E-state index in [1.54, 1.807) is 12.1 Å². The van der Waals surface area contributed by atoms with Crippen molar-refractivity contribution < 1.29 is 13.9 Å². The van der Waals surface area contributed by atoms with Crippen molar-refractivity contribution in [2.24, 2.45) is 0 Å². The van der Waals surface area contributed by atoms with Gasteiger partial charge < -0.3 is 13.9 Å². The van der Waals surface area contributed by atoms with Crippen molar-refractivity contribution in [2.75, 3.05) is 6.61 Å². The molecule has 0 unspecified atom stereocenters. The molecule has 0 radical (unpaired) electrons. The van der Waals surface area contributed by atoms with Crippen molar-refractivity contribution >= 4 is 22.6 Å². The smallest absolute Gasteiger partial charge is 0.347 e. The number of aryl methyl sites for hydroxylation is 1. The lowest BCUT2D eigenvalue weighted by molar-refractivity contribution is 0.0404. The van der Waals surface area contributed by atoms with Crippen LogP contribution < -0.4 is 15.1 Å². The van der Waals surface area contributed by atoms with Crippen LogP contribution in [-0.2, 0) is 5.60 Å². The summed E-state index contributed by atoms with van der Waals surface area (Å²) in [4.78, 5) is 12.8. The van der Waals surface area contributed by atoms with Crippen LogP contribution in [0.2, 0.25) is 5.02 Å². The molecular weight excluding hydrogens is 340 g/mol. The minimum atomic E-state index is -0.834. The Labute approximate surface area is 148 Å². The third-order valence-electron chi connectivity index (χ3n) is 5.24. The molecule has 5 heteroatoms. The van der Waals surface area contributed by atoms with Gasteiger partial charge in [0.15, 0.2) is 5.60 Å². The van der Waals surface area contributed by atoms with Crippen LogP contribution in [0.3, 0.4) is 0 Å². The second-order valence-electron chi connectivity index (χ2n) is 6.85. The quantitative estimate of drug-likeness (QED) is 0.556. The van der Waals surface area contributed by atoms with Gasteiger partial charge in [-0.2, -0.15) is 0 Å². The Bertz CT molecular complexity index is 1100. The van der Waals surface area contributed by atoms with E-state index in [-0.39, 0.29) is 5.92 Å². The first-order valence-electron chi connectivity index (χ1n) is 8.16. The summed E-state index contributed by atoms with van der Waals surface area (Å²) in [5.74, 6) is 1.18. The summed E-state index contributed by atoms with van der Waals surface area (Å²) >= 11 is 6.15. The van der Waals surface area contributed by atoms with Crippen LogP contribution in [-0.4, -0.2) is 6.61 Å². The normalized spacial score (nSPS) is 23.4. The van der Waals surface area contributed by atoms with E-state index in [0.29, 0.717) is 28.5 Å². The lowest BCUT2D eigenvalue weighted by atomic mass is 9.79. The zero-order valence-electron chi connectivity index (χ0n) is 13.8. The molecule has 0 bridgehead atoms. The fourth-order valence-electron chi connectivity index (χ4n) is 3.99. The number of hydrogen-bond acceptors (Lipinski definition) is 4. The lowest BCUT2D eigenvalue weighted by Crippen LogP contribution is -2.42. The van der Waals surface area contributed by atoms with Crippen molar-refractivity contribution in [3.05, 3.63) is 68.5 Å². The first kappa shape index (κ1) is 14.8. The molecule has 0 saturated carbocycles. The average Bonchev–Trinajstić information content (AvgIpc) is 2.86. The van der Waals surface area contributed by atoms with E-state index >= 15 is 0 Å². The molecule has 0 N–H and O–H groups in total. The number of halogens is 1. The van der Waals surface area contributed by atoms with E-state index in [9.17, 15) is 4.79 Å². The van der Waals surface area contributed by atoms with Crippen LogP contribution in [0.5, 0.6) is 11.5 Å². The maximum atomic E-state index is 12.8. The number of hydrogen-bond donors (Lipinski definition) is 0. The molecule has 2 aromatic carbocycles. The molecule has 2 aliphatic rings. The van der Waals surface area contributed by atoms with Gasteiger partial charge in [0.1, 0.15) is 22.6 Å². The van der Waals surface area contributed by atoms with Crippen LogP contribution >= 0.6 is 11.6 Å². The van der Waals surface area contributed by atoms with Crippen LogP contribution in [0.4, 0.5) is 0 Å². The summed E-state index contributed by atoms with van der Waals surface area (Å²) in [7, 11) is 0. The number of rotatable bonds is 0. The molecule has 0 fully saturated rings. The summed E-state index contributed by atoms with van der Waals surface area (Å²) < 4.78 is 17.9. The van der Waals surface area contributed by atoms with E-state index in [4.69, 9.17) is 25.5 Å². The van der Waals surface area contributed by atoms with Gasteiger partial charge in [-0.1, -0.05) is 23.2 Å². The van der Waals surface area contributed by atoms with Gasteiger partial charge in [0, 0.05) is 10.6 Å². The second-order valence-corrected chi connectivity index (χ2v) is 7.28. The second kappa shape index (κ2) is 4.79. The topological polar surface area (TPSA) is 48.7 Å². The SMILES string of the molecule is Cc1ccc2oc(=O)c3c(c2c1)OC[C@@H]1c2cc(Cl)ccc2O[C@]31C. The average molecular weight is 355 g/mol.